The molecule has 0 amide bonds. The van der Waals surface area contributed by atoms with Crippen LogP contribution >= 0.6 is 0 Å². The van der Waals surface area contributed by atoms with E-state index in [1.54, 1.807) is 6.20 Å². The van der Waals surface area contributed by atoms with Crippen molar-refractivity contribution in [3.05, 3.63) is 53.6 Å². The van der Waals surface area contributed by atoms with Gasteiger partial charge in [0.1, 0.15) is 5.82 Å². The molecule has 1 aromatic carbocycles. The maximum absolute atomic E-state index is 10.3. The highest BCUT2D eigenvalue weighted by atomic mass is 16.3. The van der Waals surface area contributed by atoms with Crippen molar-refractivity contribution in [2.75, 3.05) is 13.6 Å². The van der Waals surface area contributed by atoms with Crippen LogP contribution < -0.4 is 0 Å². The zero-order chi connectivity index (χ0) is 13.8. The normalized spacial score (nSPS) is 12.9. The van der Waals surface area contributed by atoms with Crippen LogP contribution in [0.4, 0.5) is 0 Å². The number of hydrogen-bond donors (Lipinski definition) is 1. The number of imidazole rings is 1. The Labute approximate surface area is 114 Å². The van der Waals surface area contributed by atoms with Gasteiger partial charge in [0, 0.05) is 26.0 Å². The summed E-state index contributed by atoms with van der Waals surface area (Å²) in [6.45, 7) is 3.35. The Morgan fingerprint density at radius 1 is 1.37 bits per heavy atom. The fourth-order valence-corrected chi connectivity index (χ4v) is 2.21. The summed E-state index contributed by atoms with van der Waals surface area (Å²) in [4.78, 5) is 6.38. The average molecular weight is 259 g/mol. The highest BCUT2D eigenvalue weighted by molar-refractivity contribution is 5.27. The van der Waals surface area contributed by atoms with Gasteiger partial charge in [0.05, 0.1) is 12.6 Å². The Hall–Kier alpha value is -1.65. The van der Waals surface area contributed by atoms with E-state index in [0.29, 0.717) is 6.54 Å². The van der Waals surface area contributed by atoms with E-state index in [2.05, 4.69) is 9.88 Å². The second-order valence-corrected chi connectivity index (χ2v) is 5.02. The van der Waals surface area contributed by atoms with Crippen LogP contribution in [0.3, 0.4) is 0 Å². The van der Waals surface area contributed by atoms with Gasteiger partial charge in [-0.25, -0.2) is 4.98 Å². The van der Waals surface area contributed by atoms with Crippen molar-refractivity contribution in [2.45, 2.75) is 19.6 Å². The molecule has 4 heteroatoms. The first-order valence-electron chi connectivity index (χ1n) is 6.46. The van der Waals surface area contributed by atoms with Crippen LogP contribution in [0.2, 0.25) is 0 Å². The molecule has 0 radical (unpaired) electrons. The highest BCUT2D eigenvalue weighted by Gasteiger charge is 2.13. The largest absolute Gasteiger partial charge is 0.387 e. The van der Waals surface area contributed by atoms with Gasteiger partial charge in [0.15, 0.2) is 0 Å². The smallest absolute Gasteiger partial charge is 0.122 e. The molecular weight excluding hydrogens is 238 g/mol. The Balaban J connectivity index is 1.97. The molecule has 0 aliphatic rings. The molecule has 0 aliphatic carbocycles. The van der Waals surface area contributed by atoms with E-state index in [0.717, 1.165) is 23.5 Å². The van der Waals surface area contributed by atoms with E-state index < -0.39 is 6.10 Å². The Morgan fingerprint density at radius 2 is 2.11 bits per heavy atom. The summed E-state index contributed by atoms with van der Waals surface area (Å²) >= 11 is 0. The van der Waals surface area contributed by atoms with Crippen molar-refractivity contribution in [1.82, 2.24) is 14.5 Å². The number of benzene rings is 1. The second-order valence-electron chi connectivity index (χ2n) is 5.02. The molecule has 4 nitrogen and oxygen atoms in total. The van der Waals surface area contributed by atoms with Gasteiger partial charge in [0.25, 0.3) is 0 Å². The van der Waals surface area contributed by atoms with Crippen molar-refractivity contribution in [2.24, 2.45) is 7.05 Å². The van der Waals surface area contributed by atoms with Gasteiger partial charge >= 0.3 is 0 Å². The summed E-state index contributed by atoms with van der Waals surface area (Å²) in [5.41, 5.74) is 2.12. The summed E-state index contributed by atoms with van der Waals surface area (Å²) in [5, 5.41) is 10.3. The topological polar surface area (TPSA) is 41.3 Å². The minimum Gasteiger partial charge on any atom is -0.387 e. The molecular formula is C15H21N3O. The first-order chi connectivity index (χ1) is 9.08. The molecule has 2 rings (SSSR count). The Morgan fingerprint density at radius 3 is 2.74 bits per heavy atom. The first-order valence-corrected chi connectivity index (χ1v) is 6.46. The van der Waals surface area contributed by atoms with Crippen LogP contribution in [0.25, 0.3) is 0 Å². The molecule has 1 N–H and O–H groups in total. The summed E-state index contributed by atoms with van der Waals surface area (Å²) in [5.74, 6) is 1.000. The Kier molecular flexibility index (Phi) is 4.35. The maximum atomic E-state index is 10.3. The van der Waals surface area contributed by atoms with Crippen LogP contribution in [-0.2, 0) is 13.6 Å². The SMILES string of the molecule is Cc1ccccc1C(O)CN(C)Cc1nccn1C. The van der Waals surface area contributed by atoms with Gasteiger partial charge in [-0.1, -0.05) is 24.3 Å². The molecule has 102 valence electrons. The lowest BCUT2D eigenvalue weighted by Gasteiger charge is -2.21. The van der Waals surface area contributed by atoms with Gasteiger partial charge in [-0.2, -0.15) is 0 Å². The number of hydrogen-bond acceptors (Lipinski definition) is 3. The molecule has 19 heavy (non-hydrogen) atoms. The fourth-order valence-electron chi connectivity index (χ4n) is 2.21. The molecule has 0 saturated heterocycles. The molecule has 0 fully saturated rings. The zero-order valence-corrected chi connectivity index (χ0v) is 11.7. The lowest BCUT2D eigenvalue weighted by molar-refractivity contribution is 0.121. The number of likely N-dealkylation sites (N-methyl/N-ethyl adjacent to an activating group) is 1. The van der Waals surface area contributed by atoms with Gasteiger partial charge in [-0.3, -0.25) is 4.90 Å². The third-order valence-corrected chi connectivity index (χ3v) is 3.36. The predicted molar refractivity (Wildman–Crippen MR) is 75.7 cm³/mol. The average Bonchev–Trinajstić information content (AvgIpc) is 2.75. The van der Waals surface area contributed by atoms with Crippen LogP contribution in [0, 0.1) is 6.92 Å². The van der Waals surface area contributed by atoms with E-state index >= 15 is 0 Å². The van der Waals surface area contributed by atoms with E-state index in [1.165, 1.54) is 0 Å². The summed E-state index contributed by atoms with van der Waals surface area (Å²) in [7, 11) is 3.98. The molecule has 0 spiro atoms. The number of nitrogens with zero attached hydrogens (tertiary/aromatic N) is 3. The van der Waals surface area contributed by atoms with Gasteiger partial charge in [-0.05, 0) is 25.1 Å². The van der Waals surface area contributed by atoms with Crippen LogP contribution in [0.5, 0.6) is 0 Å². The van der Waals surface area contributed by atoms with Crippen LogP contribution in [0.15, 0.2) is 36.7 Å². The van der Waals surface area contributed by atoms with Crippen molar-refractivity contribution >= 4 is 0 Å². The number of aliphatic hydroxyl groups excluding tert-OH is 1. The Bertz CT molecular complexity index is 536. The monoisotopic (exact) mass is 259 g/mol. The van der Waals surface area contributed by atoms with E-state index in [9.17, 15) is 5.11 Å². The van der Waals surface area contributed by atoms with Crippen molar-refractivity contribution in [3.63, 3.8) is 0 Å². The third kappa shape index (κ3) is 3.43. The summed E-state index contributed by atoms with van der Waals surface area (Å²) < 4.78 is 2.00. The van der Waals surface area contributed by atoms with Crippen molar-refractivity contribution in [1.29, 1.82) is 0 Å². The second kappa shape index (κ2) is 5.99. The van der Waals surface area contributed by atoms with Crippen LogP contribution in [0.1, 0.15) is 23.1 Å². The first kappa shape index (κ1) is 13.8. The maximum Gasteiger partial charge on any atom is 0.122 e. The summed E-state index contributed by atoms with van der Waals surface area (Å²) in [6, 6.07) is 7.96. The number of aromatic nitrogens is 2. The van der Waals surface area contributed by atoms with Crippen molar-refractivity contribution in [3.8, 4) is 0 Å². The lowest BCUT2D eigenvalue weighted by Crippen LogP contribution is -2.25. The van der Waals surface area contributed by atoms with Gasteiger partial charge in [0.2, 0.25) is 0 Å². The fraction of sp³-hybridized carbons (Fsp3) is 0.400. The van der Waals surface area contributed by atoms with Crippen molar-refractivity contribution < 1.29 is 5.11 Å². The molecule has 0 saturated carbocycles. The molecule has 0 aliphatic heterocycles. The third-order valence-electron chi connectivity index (χ3n) is 3.36. The zero-order valence-electron chi connectivity index (χ0n) is 11.7. The minimum absolute atomic E-state index is 0.466. The molecule has 2 aromatic rings. The quantitative estimate of drug-likeness (QED) is 0.891. The highest BCUT2D eigenvalue weighted by Crippen LogP contribution is 2.18. The number of rotatable bonds is 5. The van der Waals surface area contributed by atoms with E-state index in [-0.39, 0.29) is 0 Å². The molecule has 1 atom stereocenters. The number of aryl methyl sites for hydroxylation is 2. The molecule has 1 aromatic heterocycles. The van der Waals surface area contributed by atoms with E-state index in [4.69, 9.17) is 0 Å². The predicted octanol–water partition coefficient (Wildman–Crippen LogP) is 1.89. The van der Waals surface area contributed by atoms with E-state index in [1.807, 2.05) is 56.0 Å². The standard InChI is InChI=1S/C15H21N3O/c1-12-6-4-5-7-13(12)14(19)10-17(2)11-15-16-8-9-18(15)3/h4-9,14,19H,10-11H2,1-3H3. The number of aliphatic hydroxyl groups is 1. The molecule has 0 bridgehead atoms. The van der Waals surface area contributed by atoms with Crippen LogP contribution in [-0.4, -0.2) is 33.1 Å². The minimum atomic E-state index is -0.466. The molecule has 1 heterocycles. The summed E-state index contributed by atoms with van der Waals surface area (Å²) in [6.07, 6.45) is 3.26. The van der Waals surface area contributed by atoms with Gasteiger partial charge < -0.3 is 9.67 Å². The molecule has 1 unspecified atom stereocenters. The lowest BCUT2D eigenvalue weighted by atomic mass is 10.0. The van der Waals surface area contributed by atoms with Gasteiger partial charge in [-0.15, -0.1) is 0 Å².